The number of hydrogen-bond acceptors (Lipinski definition) is 3. The maximum atomic E-state index is 10.9. The zero-order valence-corrected chi connectivity index (χ0v) is 7.12. The van der Waals surface area contributed by atoms with Crippen LogP contribution in [0.4, 0.5) is 0 Å². The molecule has 0 aromatic heterocycles. The van der Waals surface area contributed by atoms with Crippen LogP contribution in [0.5, 0.6) is 0 Å². The monoisotopic (exact) mass is 172 g/mol. The summed E-state index contributed by atoms with van der Waals surface area (Å²) in [5.74, 6) is 4.89. The Hall–Kier alpha value is -0.610. The fraction of sp³-hybridized carbons (Fsp3) is 0.875. The van der Waals surface area contributed by atoms with Crippen molar-refractivity contribution in [3.05, 3.63) is 0 Å². The second kappa shape index (κ2) is 4.42. The molecule has 0 aromatic rings. The summed E-state index contributed by atoms with van der Waals surface area (Å²) < 4.78 is 0. The van der Waals surface area contributed by atoms with E-state index in [1.165, 1.54) is 0 Å². The second-order valence-electron chi connectivity index (χ2n) is 3.38. The number of carbonyl (C=O) groups excluding carboxylic acids is 1. The molecule has 4 nitrogen and oxygen atoms in total. The Bertz CT molecular complexity index is 161. The number of carbonyl (C=O) groups is 1. The van der Waals surface area contributed by atoms with Crippen LogP contribution in [-0.4, -0.2) is 17.1 Å². The van der Waals surface area contributed by atoms with E-state index in [1.54, 1.807) is 0 Å². The highest BCUT2D eigenvalue weighted by molar-refractivity contribution is 5.75. The summed E-state index contributed by atoms with van der Waals surface area (Å²) in [6.07, 6.45) is 3.99. The minimum atomic E-state index is -0.309. The topological polar surface area (TPSA) is 75.3 Å². The molecule has 2 unspecified atom stereocenters. The van der Waals surface area contributed by atoms with E-state index in [9.17, 15) is 9.90 Å². The molecule has 0 heterocycles. The summed E-state index contributed by atoms with van der Waals surface area (Å²) in [6.45, 7) is 0. The fourth-order valence-corrected chi connectivity index (χ4v) is 1.72. The van der Waals surface area contributed by atoms with Crippen LogP contribution < -0.4 is 11.3 Å². The van der Waals surface area contributed by atoms with Gasteiger partial charge in [0.15, 0.2) is 0 Å². The van der Waals surface area contributed by atoms with Crippen LogP contribution in [0, 0.1) is 5.92 Å². The molecule has 0 spiro atoms. The number of aliphatic hydroxyl groups is 1. The molecule has 70 valence electrons. The minimum Gasteiger partial charge on any atom is -0.393 e. The molecule has 1 aliphatic rings. The molecule has 1 amide bonds. The highest BCUT2D eigenvalue weighted by Gasteiger charge is 2.24. The third-order valence-corrected chi connectivity index (χ3v) is 2.48. The maximum absolute atomic E-state index is 10.9. The normalized spacial score (nSPS) is 29.8. The molecule has 2 atom stereocenters. The van der Waals surface area contributed by atoms with Crippen molar-refractivity contribution >= 4 is 5.91 Å². The van der Waals surface area contributed by atoms with E-state index in [1.807, 2.05) is 0 Å². The van der Waals surface area contributed by atoms with Crippen molar-refractivity contribution in [2.75, 3.05) is 0 Å². The summed E-state index contributed by atoms with van der Waals surface area (Å²) in [5, 5.41) is 9.49. The first-order valence-electron chi connectivity index (χ1n) is 4.41. The summed E-state index contributed by atoms with van der Waals surface area (Å²) >= 11 is 0. The Kier molecular flexibility index (Phi) is 3.49. The van der Waals surface area contributed by atoms with Gasteiger partial charge in [0.25, 0.3) is 0 Å². The molecular formula is C8H16N2O2. The van der Waals surface area contributed by atoms with E-state index < -0.39 is 0 Å². The number of hydrazine groups is 1. The van der Waals surface area contributed by atoms with Gasteiger partial charge in [0.05, 0.1) is 6.10 Å². The van der Waals surface area contributed by atoms with Gasteiger partial charge >= 0.3 is 0 Å². The molecule has 0 aromatic carbocycles. The number of amides is 1. The predicted molar refractivity (Wildman–Crippen MR) is 44.9 cm³/mol. The predicted octanol–water partition coefficient (Wildman–Crippen LogP) is -0.0825. The zero-order valence-electron chi connectivity index (χ0n) is 7.12. The van der Waals surface area contributed by atoms with E-state index in [4.69, 9.17) is 5.84 Å². The first kappa shape index (κ1) is 9.48. The molecule has 4 N–H and O–H groups in total. The van der Waals surface area contributed by atoms with Gasteiger partial charge in [-0.15, -0.1) is 0 Å². The van der Waals surface area contributed by atoms with Crippen LogP contribution >= 0.6 is 0 Å². The van der Waals surface area contributed by atoms with Gasteiger partial charge in [0.2, 0.25) is 5.91 Å². The average molecular weight is 172 g/mol. The number of nitrogens with one attached hydrogen (secondary N) is 1. The van der Waals surface area contributed by atoms with Crippen molar-refractivity contribution < 1.29 is 9.90 Å². The highest BCUT2D eigenvalue weighted by atomic mass is 16.3. The molecule has 0 radical (unpaired) electrons. The molecule has 0 aliphatic heterocycles. The zero-order chi connectivity index (χ0) is 8.97. The van der Waals surface area contributed by atoms with Crippen LogP contribution in [0.2, 0.25) is 0 Å². The van der Waals surface area contributed by atoms with E-state index in [0.29, 0.717) is 6.42 Å². The van der Waals surface area contributed by atoms with Crippen LogP contribution in [0.25, 0.3) is 0 Å². The number of nitrogens with two attached hydrogens (primary N) is 1. The number of hydrogen-bond donors (Lipinski definition) is 3. The second-order valence-corrected chi connectivity index (χ2v) is 3.38. The SMILES string of the molecule is NNC(=O)CC1CCCCC1O. The molecule has 12 heavy (non-hydrogen) atoms. The summed E-state index contributed by atoms with van der Waals surface area (Å²) in [6, 6.07) is 0. The van der Waals surface area contributed by atoms with E-state index in [0.717, 1.165) is 25.7 Å². The summed E-state index contributed by atoms with van der Waals surface area (Å²) in [4.78, 5) is 10.9. The van der Waals surface area contributed by atoms with E-state index in [2.05, 4.69) is 5.43 Å². The lowest BCUT2D eigenvalue weighted by atomic mass is 9.84. The molecular weight excluding hydrogens is 156 g/mol. The Morgan fingerprint density at radius 1 is 1.50 bits per heavy atom. The van der Waals surface area contributed by atoms with Crippen molar-refractivity contribution in [2.45, 2.75) is 38.2 Å². The van der Waals surface area contributed by atoms with Gasteiger partial charge in [-0.2, -0.15) is 0 Å². The van der Waals surface area contributed by atoms with Crippen molar-refractivity contribution in [1.29, 1.82) is 0 Å². The van der Waals surface area contributed by atoms with Crippen molar-refractivity contribution in [3.8, 4) is 0 Å². The molecule has 1 aliphatic carbocycles. The van der Waals surface area contributed by atoms with Gasteiger partial charge in [0.1, 0.15) is 0 Å². The Labute approximate surface area is 72.1 Å². The number of aliphatic hydroxyl groups excluding tert-OH is 1. The third kappa shape index (κ3) is 2.46. The largest absolute Gasteiger partial charge is 0.393 e. The molecule has 1 saturated carbocycles. The fourth-order valence-electron chi connectivity index (χ4n) is 1.72. The van der Waals surface area contributed by atoms with Gasteiger partial charge in [-0.05, 0) is 18.8 Å². The lowest BCUT2D eigenvalue weighted by molar-refractivity contribution is -0.123. The van der Waals surface area contributed by atoms with Crippen LogP contribution in [-0.2, 0) is 4.79 Å². The molecule has 1 rings (SSSR count). The lowest BCUT2D eigenvalue weighted by Crippen LogP contribution is -2.35. The van der Waals surface area contributed by atoms with Crippen molar-refractivity contribution in [1.82, 2.24) is 5.43 Å². The smallest absolute Gasteiger partial charge is 0.234 e. The standard InChI is InChI=1S/C8H16N2O2/c9-10-8(12)5-6-3-1-2-4-7(6)11/h6-7,11H,1-5,9H2,(H,10,12). The summed E-state index contributed by atoms with van der Waals surface area (Å²) in [5.41, 5.74) is 2.08. The highest BCUT2D eigenvalue weighted by Crippen LogP contribution is 2.26. The van der Waals surface area contributed by atoms with Crippen LogP contribution in [0.3, 0.4) is 0 Å². The van der Waals surface area contributed by atoms with E-state index >= 15 is 0 Å². The Morgan fingerprint density at radius 2 is 2.17 bits per heavy atom. The first-order chi connectivity index (χ1) is 5.74. The van der Waals surface area contributed by atoms with Gasteiger partial charge in [-0.25, -0.2) is 5.84 Å². The first-order valence-corrected chi connectivity index (χ1v) is 4.41. The summed E-state index contributed by atoms with van der Waals surface area (Å²) in [7, 11) is 0. The van der Waals surface area contributed by atoms with Crippen molar-refractivity contribution in [3.63, 3.8) is 0 Å². The minimum absolute atomic E-state index is 0.113. The Morgan fingerprint density at radius 3 is 2.75 bits per heavy atom. The van der Waals surface area contributed by atoms with Gasteiger partial charge < -0.3 is 5.11 Å². The molecule has 1 fully saturated rings. The third-order valence-electron chi connectivity index (χ3n) is 2.48. The number of rotatable bonds is 2. The van der Waals surface area contributed by atoms with Crippen LogP contribution in [0.15, 0.2) is 0 Å². The molecule has 0 saturated heterocycles. The van der Waals surface area contributed by atoms with Gasteiger partial charge in [-0.3, -0.25) is 10.2 Å². The quantitative estimate of drug-likeness (QED) is 0.310. The van der Waals surface area contributed by atoms with Gasteiger partial charge in [-0.1, -0.05) is 12.8 Å². The maximum Gasteiger partial charge on any atom is 0.234 e. The Balaban J connectivity index is 2.33. The van der Waals surface area contributed by atoms with E-state index in [-0.39, 0.29) is 17.9 Å². The average Bonchev–Trinajstić information content (AvgIpc) is 2.09. The van der Waals surface area contributed by atoms with Crippen molar-refractivity contribution in [2.24, 2.45) is 11.8 Å². The molecule has 4 heteroatoms. The van der Waals surface area contributed by atoms with Gasteiger partial charge in [0, 0.05) is 6.42 Å². The molecule has 0 bridgehead atoms. The van der Waals surface area contributed by atoms with Crippen LogP contribution in [0.1, 0.15) is 32.1 Å². The lowest BCUT2D eigenvalue weighted by Gasteiger charge is -2.26.